The van der Waals surface area contributed by atoms with Gasteiger partial charge in [-0.15, -0.1) is 0 Å². The molecule has 0 aromatic rings. The van der Waals surface area contributed by atoms with Gasteiger partial charge in [0.05, 0.1) is 0 Å². The molecular formula is C14H35O6P2S2Zn-. The molecule has 0 saturated heterocycles. The Balaban J connectivity index is -0.000000166. The third-order valence-corrected chi connectivity index (χ3v) is 2.85. The molecule has 0 unspecified atom stereocenters. The van der Waals surface area contributed by atoms with Crippen molar-refractivity contribution in [3.05, 3.63) is 6.92 Å². The molecule has 0 spiro atoms. The molecule has 0 fully saturated rings. The molecule has 0 radical (unpaired) electrons. The van der Waals surface area contributed by atoms with Crippen LogP contribution < -0.4 is 0 Å². The van der Waals surface area contributed by atoms with Gasteiger partial charge in [-0.2, -0.15) is 6.42 Å². The van der Waals surface area contributed by atoms with Crippen LogP contribution in [0.5, 0.6) is 0 Å². The van der Waals surface area contributed by atoms with Crippen molar-refractivity contribution in [2.45, 2.75) is 84.0 Å². The number of hydrogen-bond acceptors (Lipinski definition) is 2. The van der Waals surface area contributed by atoms with Crippen molar-refractivity contribution in [3.8, 4) is 0 Å². The molecule has 0 rings (SSSR count). The average molecular weight is 491 g/mol. The molecule has 0 heterocycles. The fourth-order valence-corrected chi connectivity index (χ4v) is 1.84. The molecule has 0 atom stereocenters. The maximum Gasteiger partial charge on any atom is 0.319 e. The predicted octanol–water partition coefficient (Wildman–Crippen LogP) is 3.89. The molecule has 11 heteroatoms. The van der Waals surface area contributed by atoms with Gasteiger partial charge in [0, 0.05) is 19.5 Å². The van der Waals surface area contributed by atoms with Gasteiger partial charge in [0.25, 0.3) is 0 Å². The molecule has 0 amide bonds. The van der Waals surface area contributed by atoms with Crippen LogP contribution in [0.2, 0.25) is 0 Å². The summed E-state index contributed by atoms with van der Waals surface area (Å²) in [5.74, 6) is 0. The number of unbranched alkanes of at least 4 members (excludes halogenated alkanes) is 11. The molecule has 6 N–H and O–H groups in total. The molecule has 0 aromatic carbocycles. The molecule has 152 valence electrons. The molecule has 25 heavy (non-hydrogen) atoms. The minimum Gasteiger partial charge on any atom is -0.343 e. The Morgan fingerprint density at radius 3 is 1.00 bits per heavy atom. The molecule has 6 nitrogen and oxygen atoms in total. The van der Waals surface area contributed by atoms with Gasteiger partial charge in [-0.25, -0.2) is 0 Å². The molecule has 0 bridgehead atoms. The van der Waals surface area contributed by atoms with Gasteiger partial charge in [-0.1, -0.05) is 77.6 Å². The first-order chi connectivity index (χ1) is 10.9. The van der Waals surface area contributed by atoms with Crippen LogP contribution in [0.15, 0.2) is 0 Å². The van der Waals surface area contributed by atoms with Gasteiger partial charge >= 0.3 is 13.4 Å². The van der Waals surface area contributed by atoms with Gasteiger partial charge in [0.15, 0.2) is 0 Å². The largest absolute Gasteiger partial charge is 0.343 e. The van der Waals surface area contributed by atoms with Crippen LogP contribution in [0.3, 0.4) is 0 Å². The Kier molecular flexibility index (Phi) is 32.5. The summed E-state index contributed by atoms with van der Waals surface area (Å²) in [6.45, 7) is -1.47. The van der Waals surface area contributed by atoms with Crippen molar-refractivity contribution in [1.29, 1.82) is 0 Å². The van der Waals surface area contributed by atoms with Crippen molar-refractivity contribution < 1.29 is 48.8 Å². The van der Waals surface area contributed by atoms with E-state index in [-0.39, 0.29) is 19.5 Å². The van der Waals surface area contributed by atoms with Gasteiger partial charge in [-0.3, -0.25) is 0 Å². The Labute approximate surface area is 176 Å². The quantitative estimate of drug-likeness (QED) is 0.112. The SMILES string of the molecule is OP(O)(O)=S.OP(O)(O)=S.[CH2-]CCCCCCCCCCCCC.[Zn]. The minimum absolute atomic E-state index is 0. The summed E-state index contributed by atoms with van der Waals surface area (Å²) in [5.41, 5.74) is 0. The average Bonchev–Trinajstić information content (AvgIpc) is 2.37. The monoisotopic (exact) mass is 489 g/mol. The van der Waals surface area contributed by atoms with E-state index in [4.69, 9.17) is 29.4 Å². The minimum atomic E-state index is -3.81. The van der Waals surface area contributed by atoms with Gasteiger partial charge in [0.2, 0.25) is 0 Å². The summed E-state index contributed by atoms with van der Waals surface area (Å²) in [7, 11) is 0. The van der Waals surface area contributed by atoms with Gasteiger partial charge < -0.3 is 36.3 Å². The molecular weight excluding hydrogens is 456 g/mol. The zero-order chi connectivity index (χ0) is 19.5. The number of rotatable bonds is 11. The topological polar surface area (TPSA) is 121 Å². The second-order valence-electron chi connectivity index (χ2n) is 5.42. The summed E-state index contributed by atoms with van der Waals surface area (Å²) in [5, 5.41) is 0. The van der Waals surface area contributed by atoms with E-state index in [2.05, 4.69) is 37.5 Å². The van der Waals surface area contributed by atoms with Crippen LogP contribution in [0.25, 0.3) is 0 Å². The van der Waals surface area contributed by atoms with E-state index in [0.717, 1.165) is 6.42 Å². The zero-order valence-electron chi connectivity index (χ0n) is 15.3. The third-order valence-electron chi connectivity index (χ3n) is 2.85. The van der Waals surface area contributed by atoms with Crippen molar-refractivity contribution in [2.75, 3.05) is 0 Å². The van der Waals surface area contributed by atoms with E-state index in [0.29, 0.717) is 0 Å². The first-order valence-corrected chi connectivity index (χ1v) is 13.6. The maximum atomic E-state index is 7.56. The van der Waals surface area contributed by atoms with E-state index in [1.165, 1.54) is 70.6 Å². The second kappa shape index (κ2) is 23.7. The summed E-state index contributed by atoms with van der Waals surface area (Å²) < 4.78 is 0. The van der Waals surface area contributed by atoms with Crippen molar-refractivity contribution in [1.82, 2.24) is 0 Å². The molecule has 0 aromatic heterocycles. The van der Waals surface area contributed by atoms with E-state index < -0.39 is 13.4 Å². The Bertz CT molecular complexity index is 291. The van der Waals surface area contributed by atoms with Crippen LogP contribution in [-0.2, 0) is 43.1 Å². The van der Waals surface area contributed by atoms with Crippen LogP contribution in [0.1, 0.15) is 84.0 Å². The van der Waals surface area contributed by atoms with E-state index in [9.17, 15) is 0 Å². The summed E-state index contributed by atoms with van der Waals surface area (Å²) in [6.07, 6.45) is 16.9. The van der Waals surface area contributed by atoms with Crippen molar-refractivity contribution in [3.63, 3.8) is 0 Å². The first kappa shape index (κ1) is 34.2. The van der Waals surface area contributed by atoms with Gasteiger partial charge in [0.1, 0.15) is 0 Å². The van der Waals surface area contributed by atoms with E-state index in [1.807, 2.05) is 0 Å². The molecule has 0 aliphatic rings. The fraction of sp³-hybridized carbons (Fsp3) is 0.929. The summed E-state index contributed by atoms with van der Waals surface area (Å²) >= 11 is 7.21. The van der Waals surface area contributed by atoms with E-state index in [1.54, 1.807) is 0 Å². The normalized spacial score (nSPS) is 10.7. The smallest absolute Gasteiger partial charge is 0.319 e. The zero-order valence-corrected chi connectivity index (χ0v) is 21.7. The molecule has 0 aliphatic carbocycles. The predicted molar refractivity (Wildman–Crippen MR) is 108 cm³/mol. The van der Waals surface area contributed by atoms with Crippen LogP contribution in [0, 0.1) is 6.92 Å². The first-order valence-electron chi connectivity index (χ1n) is 8.27. The van der Waals surface area contributed by atoms with Crippen LogP contribution >= 0.6 is 13.4 Å². The molecule has 0 aliphatic heterocycles. The maximum absolute atomic E-state index is 7.56. The Morgan fingerprint density at radius 2 is 0.800 bits per heavy atom. The summed E-state index contributed by atoms with van der Waals surface area (Å²) in [4.78, 5) is 45.3. The second-order valence-corrected chi connectivity index (χ2v) is 10.4. The standard InChI is InChI=1S/C14H29.2H3O3PS.Zn/c1-3-5-7-9-11-13-14-12-10-8-6-4-2;2*1-4(2,3)5;/h1,3-14H2,2H3;2*(H3,1,2,3,5);/q-1;;;. The fourth-order valence-electron chi connectivity index (χ4n) is 1.84. The molecule has 0 saturated carbocycles. The van der Waals surface area contributed by atoms with Crippen molar-refractivity contribution in [2.24, 2.45) is 0 Å². The Morgan fingerprint density at radius 1 is 0.600 bits per heavy atom. The van der Waals surface area contributed by atoms with E-state index >= 15 is 0 Å². The Hall–Kier alpha value is 1.68. The summed E-state index contributed by atoms with van der Waals surface area (Å²) in [6, 6.07) is 0. The van der Waals surface area contributed by atoms with Gasteiger partial charge in [-0.05, 0) is 23.6 Å². The van der Waals surface area contributed by atoms with Crippen LogP contribution in [0.4, 0.5) is 0 Å². The van der Waals surface area contributed by atoms with Crippen molar-refractivity contribution >= 4 is 37.1 Å². The van der Waals surface area contributed by atoms with Crippen LogP contribution in [-0.4, -0.2) is 29.4 Å². The third kappa shape index (κ3) is 89.6. The number of hydrogen-bond donors (Lipinski definition) is 6.